The van der Waals surface area contributed by atoms with Crippen LogP contribution in [0, 0.1) is 0 Å². The standard InChI is InChI=1S/C17H14F3NO/c1-16(22,17(18,19)20)14-11-21(12-7-3-2-4-8-12)15-10-6-5-9-13(14)15/h2-11,22H,1H3. The molecule has 1 aromatic heterocycles. The molecule has 0 amide bonds. The Balaban J connectivity index is 2.31. The van der Waals surface area contributed by atoms with Gasteiger partial charge in [0.1, 0.15) is 0 Å². The Hall–Kier alpha value is -2.27. The van der Waals surface area contributed by atoms with E-state index >= 15 is 0 Å². The fourth-order valence-electron chi connectivity index (χ4n) is 2.52. The number of fused-ring (bicyclic) bond motifs is 1. The average molecular weight is 305 g/mol. The predicted molar refractivity (Wildman–Crippen MR) is 78.9 cm³/mol. The van der Waals surface area contributed by atoms with Crippen molar-refractivity contribution < 1.29 is 18.3 Å². The second-order valence-electron chi connectivity index (χ2n) is 5.34. The highest BCUT2D eigenvalue weighted by atomic mass is 19.4. The van der Waals surface area contributed by atoms with E-state index in [4.69, 9.17) is 0 Å². The quantitative estimate of drug-likeness (QED) is 0.746. The molecule has 1 heterocycles. The number of benzene rings is 2. The number of rotatable bonds is 2. The Labute approximate surface area is 125 Å². The SMILES string of the molecule is CC(O)(c1cn(-c2ccccc2)c2ccccc12)C(F)(F)F. The van der Waals surface area contributed by atoms with Gasteiger partial charge in [0.2, 0.25) is 0 Å². The Bertz CT molecular complexity index is 804. The maximum absolute atomic E-state index is 13.2. The van der Waals surface area contributed by atoms with Gasteiger partial charge in [0.15, 0.2) is 5.60 Å². The summed E-state index contributed by atoms with van der Waals surface area (Å²) in [5.41, 5.74) is -1.71. The van der Waals surface area contributed by atoms with Crippen molar-refractivity contribution in [1.82, 2.24) is 4.57 Å². The van der Waals surface area contributed by atoms with Gasteiger partial charge >= 0.3 is 6.18 Å². The Kier molecular flexibility index (Phi) is 3.25. The number of halogens is 3. The normalized spacial score (nSPS) is 15.0. The molecule has 0 bridgehead atoms. The molecule has 0 spiro atoms. The van der Waals surface area contributed by atoms with Crippen LogP contribution in [0.1, 0.15) is 12.5 Å². The first-order valence-corrected chi connectivity index (χ1v) is 6.77. The molecule has 0 saturated heterocycles. The number of alkyl halides is 3. The van der Waals surface area contributed by atoms with Gasteiger partial charge in [-0.2, -0.15) is 13.2 Å². The summed E-state index contributed by atoms with van der Waals surface area (Å²) >= 11 is 0. The van der Waals surface area contributed by atoms with E-state index in [1.54, 1.807) is 41.0 Å². The first kappa shape index (κ1) is 14.7. The van der Waals surface area contributed by atoms with Crippen LogP contribution in [0.2, 0.25) is 0 Å². The number of hydrogen-bond donors (Lipinski definition) is 1. The van der Waals surface area contributed by atoms with Crippen molar-refractivity contribution in [3.8, 4) is 5.69 Å². The fraction of sp³-hybridized carbons (Fsp3) is 0.176. The zero-order valence-electron chi connectivity index (χ0n) is 11.8. The highest BCUT2D eigenvalue weighted by Crippen LogP contribution is 2.42. The Morgan fingerprint density at radius 2 is 1.50 bits per heavy atom. The molecule has 3 rings (SSSR count). The van der Waals surface area contributed by atoms with Gasteiger partial charge in [-0.1, -0.05) is 36.4 Å². The van der Waals surface area contributed by atoms with E-state index in [1.165, 1.54) is 6.20 Å². The monoisotopic (exact) mass is 305 g/mol. The summed E-state index contributed by atoms with van der Waals surface area (Å²) in [5, 5.41) is 10.4. The number of aliphatic hydroxyl groups is 1. The van der Waals surface area contributed by atoms with Crippen molar-refractivity contribution in [2.75, 3.05) is 0 Å². The highest BCUT2D eigenvalue weighted by molar-refractivity contribution is 5.86. The third-order valence-electron chi connectivity index (χ3n) is 3.82. The fourth-order valence-corrected chi connectivity index (χ4v) is 2.52. The molecule has 3 aromatic rings. The molecule has 5 heteroatoms. The lowest BCUT2D eigenvalue weighted by molar-refractivity contribution is -0.258. The Morgan fingerprint density at radius 1 is 0.909 bits per heavy atom. The summed E-state index contributed by atoms with van der Waals surface area (Å²) in [6.45, 7) is 0.782. The maximum Gasteiger partial charge on any atom is 0.421 e. The smallest absolute Gasteiger partial charge is 0.376 e. The van der Waals surface area contributed by atoms with E-state index in [9.17, 15) is 18.3 Å². The lowest BCUT2D eigenvalue weighted by Gasteiger charge is -2.25. The van der Waals surface area contributed by atoms with Gasteiger partial charge < -0.3 is 9.67 Å². The van der Waals surface area contributed by atoms with Gasteiger partial charge in [-0.15, -0.1) is 0 Å². The second-order valence-corrected chi connectivity index (χ2v) is 5.34. The van der Waals surface area contributed by atoms with Gasteiger partial charge in [0, 0.05) is 22.8 Å². The molecule has 1 unspecified atom stereocenters. The molecule has 22 heavy (non-hydrogen) atoms. The summed E-state index contributed by atoms with van der Waals surface area (Å²) in [4.78, 5) is 0. The summed E-state index contributed by atoms with van der Waals surface area (Å²) in [7, 11) is 0. The summed E-state index contributed by atoms with van der Waals surface area (Å²) in [6, 6.07) is 15.8. The molecule has 0 aliphatic rings. The van der Waals surface area contributed by atoms with Crippen LogP contribution in [0.25, 0.3) is 16.6 Å². The van der Waals surface area contributed by atoms with Gasteiger partial charge in [-0.05, 0) is 25.1 Å². The van der Waals surface area contributed by atoms with E-state index in [0.717, 1.165) is 12.6 Å². The highest BCUT2D eigenvalue weighted by Gasteiger charge is 2.52. The molecule has 114 valence electrons. The third kappa shape index (κ3) is 2.18. The van der Waals surface area contributed by atoms with E-state index < -0.39 is 11.8 Å². The summed E-state index contributed by atoms with van der Waals surface area (Å²) < 4.78 is 41.3. The molecule has 2 nitrogen and oxygen atoms in total. The van der Waals surface area contributed by atoms with E-state index in [0.29, 0.717) is 10.9 Å². The molecular weight excluding hydrogens is 291 g/mol. The summed E-state index contributed by atoms with van der Waals surface area (Å²) in [5.74, 6) is 0. The molecule has 0 radical (unpaired) electrons. The van der Waals surface area contributed by atoms with Crippen molar-refractivity contribution >= 4 is 10.9 Å². The minimum Gasteiger partial charge on any atom is -0.376 e. The van der Waals surface area contributed by atoms with Crippen molar-refractivity contribution in [2.24, 2.45) is 0 Å². The number of para-hydroxylation sites is 2. The van der Waals surface area contributed by atoms with Crippen LogP contribution < -0.4 is 0 Å². The average Bonchev–Trinajstić information content (AvgIpc) is 2.87. The van der Waals surface area contributed by atoms with Crippen LogP contribution in [0.15, 0.2) is 60.8 Å². The number of nitrogens with zero attached hydrogens (tertiary/aromatic N) is 1. The molecule has 0 aliphatic carbocycles. The van der Waals surface area contributed by atoms with Crippen LogP contribution in [0.5, 0.6) is 0 Å². The van der Waals surface area contributed by atoms with Crippen LogP contribution in [0.3, 0.4) is 0 Å². The molecule has 1 atom stereocenters. The van der Waals surface area contributed by atoms with Gasteiger partial charge in [-0.3, -0.25) is 0 Å². The van der Waals surface area contributed by atoms with Crippen molar-refractivity contribution in [3.63, 3.8) is 0 Å². The lowest BCUT2D eigenvalue weighted by atomic mass is 9.95. The largest absolute Gasteiger partial charge is 0.421 e. The maximum atomic E-state index is 13.2. The molecule has 0 aliphatic heterocycles. The minimum absolute atomic E-state index is 0.153. The molecule has 0 saturated carbocycles. The molecule has 1 N–H and O–H groups in total. The second kappa shape index (κ2) is 4.88. The van der Waals surface area contributed by atoms with E-state index in [2.05, 4.69) is 0 Å². The Morgan fingerprint density at radius 3 is 2.14 bits per heavy atom. The first-order chi connectivity index (χ1) is 10.3. The first-order valence-electron chi connectivity index (χ1n) is 6.77. The number of hydrogen-bond acceptors (Lipinski definition) is 1. The number of aromatic nitrogens is 1. The predicted octanol–water partition coefficient (Wildman–Crippen LogP) is 4.40. The van der Waals surface area contributed by atoms with Gasteiger partial charge in [0.25, 0.3) is 0 Å². The topological polar surface area (TPSA) is 25.2 Å². The van der Waals surface area contributed by atoms with Crippen LogP contribution in [-0.2, 0) is 5.60 Å². The minimum atomic E-state index is -4.75. The zero-order valence-corrected chi connectivity index (χ0v) is 11.8. The van der Waals surface area contributed by atoms with Gasteiger partial charge in [-0.25, -0.2) is 0 Å². The summed E-state index contributed by atoms with van der Waals surface area (Å²) in [6.07, 6.45) is -3.40. The van der Waals surface area contributed by atoms with Crippen molar-refractivity contribution in [1.29, 1.82) is 0 Å². The van der Waals surface area contributed by atoms with E-state index in [-0.39, 0.29) is 5.56 Å². The van der Waals surface area contributed by atoms with Crippen molar-refractivity contribution in [2.45, 2.75) is 18.7 Å². The van der Waals surface area contributed by atoms with E-state index in [1.807, 2.05) is 18.2 Å². The van der Waals surface area contributed by atoms with Crippen molar-refractivity contribution in [3.05, 3.63) is 66.4 Å². The molecule has 0 fully saturated rings. The molecule has 2 aromatic carbocycles. The van der Waals surface area contributed by atoms with Gasteiger partial charge in [0.05, 0.1) is 5.52 Å². The van der Waals surface area contributed by atoms with Crippen LogP contribution in [0.4, 0.5) is 13.2 Å². The molecular formula is C17H14F3NO. The van der Waals surface area contributed by atoms with Crippen LogP contribution >= 0.6 is 0 Å². The lowest BCUT2D eigenvalue weighted by Crippen LogP contribution is -2.39. The third-order valence-corrected chi connectivity index (χ3v) is 3.82. The van der Waals surface area contributed by atoms with Crippen LogP contribution in [-0.4, -0.2) is 15.8 Å². The zero-order chi connectivity index (χ0) is 16.0.